The largest absolute Gasteiger partial charge is 0.370 e. The molecule has 1 saturated heterocycles. The van der Waals surface area contributed by atoms with Crippen molar-refractivity contribution in [3.8, 4) is 0 Å². The maximum atomic E-state index is 12.4. The van der Waals surface area contributed by atoms with Crippen LogP contribution in [0.25, 0.3) is 6.08 Å². The molecule has 1 aliphatic rings. The Balaban J connectivity index is 1.80. The van der Waals surface area contributed by atoms with Crippen LogP contribution in [0.15, 0.2) is 36.4 Å². The molecule has 6 nitrogen and oxygen atoms in total. The Labute approximate surface area is 154 Å². The van der Waals surface area contributed by atoms with Gasteiger partial charge in [-0.25, -0.2) is 0 Å². The number of benzene rings is 1. The number of rotatable bonds is 7. The molecule has 140 valence electrons. The number of piperidine rings is 1. The molecule has 0 radical (unpaired) electrons. The van der Waals surface area contributed by atoms with Gasteiger partial charge >= 0.3 is 0 Å². The first-order chi connectivity index (χ1) is 12.5. The van der Waals surface area contributed by atoms with Gasteiger partial charge in [0.15, 0.2) is 0 Å². The van der Waals surface area contributed by atoms with Gasteiger partial charge in [-0.05, 0) is 30.9 Å². The Bertz CT molecular complexity index is 650. The van der Waals surface area contributed by atoms with Crippen molar-refractivity contribution >= 4 is 23.8 Å². The first-order valence-electron chi connectivity index (χ1n) is 9.10. The molecule has 1 aromatic carbocycles. The van der Waals surface area contributed by atoms with E-state index in [0.29, 0.717) is 32.4 Å². The lowest BCUT2D eigenvalue weighted by Crippen LogP contribution is -2.45. The lowest BCUT2D eigenvalue weighted by atomic mass is 9.95. The van der Waals surface area contributed by atoms with Crippen molar-refractivity contribution in [2.45, 2.75) is 38.6 Å². The molecule has 26 heavy (non-hydrogen) atoms. The molecule has 0 aliphatic carbocycles. The van der Waals surface area contributed by atoms with Crippen LogP contribution in [0, 0.1) is 5.92 Å². The van der Waals surface area contributed by atoms with E-state index in [0.717, 1.165) is 5.56 Å². The Morgan fingerprint density at radius 3 is 2.46 bits per heavy atom. The van der Waals surface area contributed by atoms with E-state index in [4.69, 9.17) is 5.73 Å². The molecule has 1 heterocycles. The van der Waals surface area contributed by atoms with Gasteiger partial charge in [-0.3, -0.25) is 14.4 Å². The highest BCUT2D eigenvalue weighted by molar-refractivity contribution is 5.92. The number of primary amides is 1. The molecular formula is C20H27N3O3. The molecule has 2 rings (SSSR count). The molecule has 1 fully saturated rings. The summed E-state index contributed by atoms with van der Waals surface area (Å²) < 4.78 is 0. The summed E-state index contributed by atoms with van der Waals surface area (Å²) in [6.45, 7) is 3.03. The van der Waals surface area contributed by atoms with Crippen LogP contribution in [-0.4, -0.2) is 41.8 Å². The van der Waals surface area contributed by atoms with E-state index in [1.165, 1.54) is 0 Å². The zero-order chi connectivity index (χ0) is 18.9. The summed E-state index contributed by atoms with van der Waals surface area (Å²) >= 11 is 0. The maximum absolute atomic E-state index is 12.4. The standard InChI is InChI=1S/C20H27N3O3/c1-2-17(14-18(21)24)22-20(26)16-10-12-23(13-11-16)19(25)9-8-15-6-4-3-5-7-15/h3-9,16-17H,2,10-14H2,1H3,(H2,21,24)(H,22,26)/b9-8+. The van der Waals surface area contributed by atoms with Gasteiger partial charge in [0.1, 0.15) is 0 Å². The van der Waals surface area contributed by atoms with Gasteiger partial charge in [0, 0.05) is 37.5 Å². The summed E-state index contributed by atoms with van der Waals surface area (Å²) in [7, 11) is 0. The van der Waals surface area contributed by atoms with Crippen molar-refractivity contribution in [2.24, 2.45) is 11.7 Å². The minimum absolute atomic E-state index is 0.0344. The molecule has 3 amide bonds. The molecule has 1 aromatic rings. The average molecular weight is 357 g/mol. The van der Waals surface area contributed by atoms with Crippen molar-refractivity contribution in [1.29, 1.82) is 0 Å². The summed E-state index contributed by atoms with van der Waals surface area (Å²) in [6, 6.07) is 9.45. The molecule has 1 aliphatic heterocycles. The van der Waals surface area contributed by atoms with Gasteiger partial charge < -0.3 is 16.0 Å². The third kappa shape index (κ3) is 6.02. The summed E-state index contributed by atoms with van der Waals surface area (Å²) in [5.74, 6) is -0.625. The van der Waals surface area contributed by atoms with E-state index < -0.39 is 5.91 Å². The number of nitrogens with zero attached hydrogens (tertiary/aromatic N) is 1. The second-order valence-electron chi connectivity index (χ2n) is 6.63. The summed E-state index contributed by atoms with van der Waals surface area (Å²) in [6.07, 6.45) is 5.46. The van der Waals surface area contributed by atoms with Gasteiger partial charge in [0.2, 0.25) is 17.7 Å². The number of hydrogen-bond acceptors (Lipinski definition) is 3. The van der Waals surface area contributed by atoms with Crippen LogP contribution in [0.1, 0.15) is 38.2 Å². The minimum Gasteiger partial charge on any atom is -0.370 e. The van der Waals surface area contributed by atoms with Crippen LogP contribution in [0.4, 0.5) is 0 Å². The van der Waals surface area contributed by atoms with Gasteiger partial charge in [0.25, 0.3) is 0 Å². The number of carbonyl (C=O) groups excluding carboxylic acids is 3. The number of hydrogen-bond donors (Lipinski definition) is 2. The van der Waals surface area contributed by atoms with E-state index in [1.54, 1.807) is 17.1 Å². The zero-order valence-corrected chi connectivity index (χ0v) is 15.2. The first-order valence-corrected chi connectivity index (χ1v) is 9.10. The number of nitrogens with one attached hydrogen (secondary N) is 1. The Morgan fingerprint density at radius 2 is 1.88 bits per heavy atom. The Kier molecular flexibility index (Phi) is 7.38. The highest BCUT2D eigenvalue weighted by Crippen LogP contribution is 2.18. The summed E-state index contributed by atoms with van der Waals surface area (Å²) in [4.78, 5) is 37.4. The molecule has 3 N–H and O–H groups in total. The number of likely N-dealkylation sites (tertiary alicyclic amines) is 1. The first kappa shape index (κ1) is 19.7. The van der Waals surface area contributed by atoms with E-state index in [-0.39, 0.29) is 30.2 Å². The molecule has 1 atom stereocenters. The van der Waals surface area contributed by atoms with Gasteiger partial charge in [0.05, 0.1) is 0 Å². The number of carbonyl (C=O) groups is 3. The topological polar surface area (TPSA) is 92.5 Å². The molecule has 6 heteroatoms. The molecule has 0 saturated carbocycles. The minimum atomic E-state index is -0.414. The van der Waals surface area contributed by atoms with Crippen LogP contribution in [-0.2, 0) is 14.4 Å². The normalized spacial score (nSPS) is 16.4. The summed E-state index contributed by atoms with van der Waals surface area (Å²) in [5.41, 5.74) is 6.19. The number of amides is 3. The monoisotopic (exact) mass is 357 g/mol. The van der Waals surface area contributed by atoms with E-state index in [1.807, 2.05) is 37.3 Å². The molecule has 0 spiro atoms. The smallest absolute Gasteiger partial charge is 0.246 e. The van der Waals surface area contributed by atoms with Crippen molar-refractivity contribution in [3.63, 3.8) is 0 Å². The SMILES string of the molecule is CCC(CC(N)=O)NC(=O)C1CCN(C(=O)/C=C/c2ccccc2)CC1. The highest BCUT2D eigenvalue weighted by Gasteiger charge is 2.27. The second-order valence-corrected chi connectivity index (χ2v) is 6.63. The molecule has 0 aromatic heterocycles. The van der Waals surface area contributed by atoms with Crippen molar-refractivity contribution in [2.75, 3.05) is 13.1 Å². The van der Waals surface area contributed by atoms with Crippen LogP contribution in [0.2, 0.25) is 0 Å². The predicted octanol–water partition coefficient (Wildman–Crippen LogP) is 1.71. The fourth-order valence-corrected chi connectivity index (χ4v) is 3.06. The predicted molar refractivity (Wildman–Crippen MR) is 101 cm³/mol. The quantitative estimate of drug-likeness (QED) is 0.728. The van der Waals surface area contributed by atoms with E-state index >= 15 is 0 Å². The Morgan fingerprint density at radius 1 is 1.23 bits per heavy atom. The van der Waals surface area contributed by atoms with Crippen LogP contribution < -0.4 is 11.1 Å². The fourth-order valence-electron chi connectivity index (χ4n) is 3.06. The molecular weight excluding hydrogens is 330 g/mol. The van der Waals surface area contributed by atoms with E-state index in [2.05, 4.69) is 5.32 Å². The second kappa shape index (κ2) is 9.75. The zero-order valence-electron chi connectivity index (χ0n) is 15.2. The summed E-state index contributed by atoms with van der Waals surface area (Å²) in [5, 5.41) is 2.90. The van der Waals surface area contributed by atoms with E-state index in [9.17, 15) is 14.4 Å². The average Bonchev–Trinajstić information content (AvgIpc) is 2.66. The van der Waals surface area contributed by atoms with Crippen LogP contribution in [0.3, 0.4) is 0 Å². The lowest BCUT2D eigenvalue weighted by molar-refractivity contribution is -0.132. The highest BCUT2D eigenvalue weighted by atomic mass is 16.2. The lowest BCUT2D eigenvalue weighted by Gasteiger charge is -2.31. The van der Waals surface area contributed by atoms with Gasteiger partial charge in [-0.15, -0.1) is 0 Å². The van der Waals surface area contributed by atoms with Gasteiger partial charge in [-0.1, -0.05) is 37.3 Å². The van der Waals surface area contributed by atoms with Crippen molar-refractivity contribution in [3.05, 3.63) is 42.0 Å². The maximum Gasteiger partial charge on any atom is 0.246 e. The van der Waals surface area contributed by atoms with Crippen LogP contribution in [0.5, 0.6) is 0 Å². The fraction of sp³-hybridized carbons (Fsp3) is 0.450. The third-order valence-electron chi connectivity index (χ3n) is 4.68. The third-order valence-corrected chi connectivity index (χ3v) is 4.68. The van der Waals surface area contributed by atoms with Crippen molar-refractivity contribution in [1.82, 2.24) is 10.2 Å². The molecule has 0 bridgehead atoms. The van der Waals surface area contributed by atoms with Gasteiger partial charge in [-0.2, -0.15) is 0 Å². The van der Waals surface area contributed by atoms with Crippen molar-refractivity contribution < 1.29 is 14.4 Å². The Hall–Kier alpha value is -2.63. The number of nitrogens with two attached hydrogens (primary N) is 1. The van der Waals surface area contributed by atoms with Crippen LogP contribution >= 0.6 is 0 Å². The molecule has 1 unspecified atom stereocenters.